The van der Waals surface area contributed by atoms with E-state index in [-0.39, 0.29) is 29.4 Å². The third-order valence-electron chi connectivity index (χ3n) is 2.92. The summed E-state index contributed by atoms with van der Waals surface area (Å²) in [5.41, 5.74) is -0.241. The van der Waals surface area contributed by atoms with E-state index in [2.05, 4.69) is 0 Å². The molecule has 1 heterocycles. The first-order chi connectivity index (χ1) is 9.17. The Hall–Kier alpha value is -1.25. The van der Waals surface area contributed by atoms with Crippen LogP contribution in [0, 0.1) is 17.6 Å². The predicted molar refractivity (Wildman–Crippen MR) is 69.8 cm³/mol. The van der Waals surface area contributed by atoms with Crippen LogP contribution in [0.5, 0.6) is 0 Å². The number of nitrogens with two attached hydrogens (primary N) is 1. The fourth-order valence-electron chi connectivity index (χ4n) is 2.23. The largest absolute Gasteiger partial charge is 0.308 e. The second-order valence-corrected chi connectivity index (χ2v) is 6.69. The molecule has 1 amide bonds. The van der Waals surface area contributed by atoms with Gasteiger partial charge in [-0.15, -0.1) is 0 Å². The van der Waals surface area contributed by atoms with Gasteiger partial charge < -0.3 is 4.90 Å². The van der Waals surface area contributed by atoms with Gasteiger partial charge in [0.15, 0.2) is 5.82 Å². The van der Waals surface area contributed by atoms with Crippen LogP contribution < -0.4 is 10.0 Å². The van der Waals surface area contributed by atoms with Gasteiger partial charge in [0.2, 0.25) is 15.9 Å². The summed E-state index contributed by atoms with van der Waals surface area (Å²) in [5.74, 6) is -3.23. The Bertz CT molecular complexity index is 643. The van der Waals surface area contributed by atoms with Crippen molar-refractivity contribution in [3.8, 4) is 0 Å². The number of carbonyl (C=O) groups is 1. The number of benzene rings is 1. The lowest BCUT2D eigenvalue weighted by Gasteiger charge is -2.19. The fourth-order valence-corrected chi connectivity index (χ4v) is 3.41. The van der Waals surface area contributed by atoms with E-state index in [0.717, 1.165) is 11.0 Å². The monoisotopic (exact) mass is 324 g/mol. The number of anilines is 1. The van der Waals surface area contributed by atoms with E-state index in [1.54, 1.807) is 0 Å². The second-order valence-electron chi connectivity index (χ2n) is 4.62. The summed E-state index contributed by atoms with van der Waals surface area (Å²) in [5, 5.41) is 4.67. The van der Waals surface area contributed by atoms with E-state index in [0.29, 0.717) is 6.07 Å². The lowest BCUT2D eigenvalue weighted by atomic mass is 10.1. The van der Waals surface area contributed by atoms with Crippen molar-refractivity contribution in [2.75, 3.05) is 17.2 Å². The summed E-state index contributed by atoms with van der Waals surface area (Å²) >= 11 is 5.74. The quantitative estimate of drug-likeness (QED) is 0.909. The number of rotatable bonds is 3. The average Bonchev–Trinajstić information content (AvgIpc) is 2.55. The Morgan fingerprint density at radius 2 is 2.05 bits per heavy atom. The van der Waals surface area contributed by atoms with Gasteiger partial charge in [0, 0.05) is 24.9 Å². The molecule has 2 N–H and O–H groups in total. The molecule has 1 atom stereocenters. The number of sulfonamides is 1. The van der Waals surface area contributed by atoms with E-state index in [9.17, 15) is 22.0 Å². The molecular weight excluding hydrogens is 314 g/mol. The molecule has 0 bridgehead atoms. The van der Waals surface area contributed by atoms with Gasteiger partial charge >= 0.3 is 0 Å². The van der Waals surface area contributed by atoms with Crippen LogP contribution in [0.1, 0.15) is 6.42 Å². The molecule has 1 aliphatic rings. The minimum Gasteiger partial charge on any atom is -0.308 e. The van der Waals surface area contributed by atoms with Gasteiger partial charge in [-0.2, -0.15) is 0 Å². The van der Waals surface area contributed by atoms with Crippen LogP contribution in [0.3, 0.4) is 0 Å². The number of halogens is 3. The second kappa shape index (κ2) is 5.27. The van der Waals surface area contributed by atoms with Crippen molar-refractivity contribution in [3.05, 3.63) is 28.8 Å². The fraction of sp³-hybridized carbons (Fsp3) is 0.364. The Kier molecular flexibility index (Phi) is 3.99. The maximum atomic E-state index is 13.7. The van der Waals surface area contributed by atoms with E-state index in [1.165, 1.54) is 0 Å². The zero-order valence-electron chi connectivity index (χ0n) is 10.1. The minimum atomic E-state index is -3.73. The molecule has 0 spiro atoms. The first-order valence-corrected chi connectivity index (χ1v) is 7.72. The third-order valence-corrected chi connectivity index (χ3v) is 4.15. The van der Waals surface area contributed by atoms with Crippen molar-refractivity contribution >= 4 is 33.2 Å². The highest BCUT2D eigenvalue weighted by Crippen LogP contribution is 2.34. The molecular formula is C11H11ClF2N2O3S. The Balaban J connectivity index is 2.29. The van der Waals surface area contributed by atoms with E-state index >= 15 is 0 Å². The number of hydrogen-bond acceptors (Lipinski definition) is 3. The molecule has 5 nitrogen and oxygen atoms in total. The van der Waals surface area contributed by atoms with Crippen LogP contribution >= 0.6 is 11.6 Å². The summed E-state index contributed by atoms with van der Waals surface area (Å²) in [6.45, 7) is -0.0302. The molecule has 2 rings (SSSR count). The predicted octanol–water partition coefficient (Wildman–Crippen LogP) is 1.26. The van der Waals surface area contributed by atoms with Crippen molar-refractivity contribution < 1.29 is 22.0 Å². The van der Waals surface area contributed by atoms with E-state index in [1.807, 2.05) is 0 Å². The third kappa shape index (κ3) is 3.25. The molecule has 1 aromatic carbocycles. The van der Waals surface area contributed by atoms with Gasteiger partial charge in [0.25, 0.3) is 0 Å². The van der Waals surface area contributed by atoms with Crippen LogP contribution in [0.25, 0.3) is 0 Å². The minimum absolute atomic E-state index is 0.0302. The molecule has 1 saturated heterocycles. The first-order valence-electron chi connectivity index (χ1n) is 5.63. The smallest absolute Gasteiger partial charge is 0.227 e. The molecule has 0 aliphatic carbocycles. The van der Waals surface area contributed by atoms with Crippen molar-refractivity contribution in [1.82, 2.24) is 0 Å². The van der Waals surface area contributed by atoms with Crippen LogP contribution in [0.15, 0.2) is 12.1 Å². The standard InChI is InChI=1S/C11H11ClF2N2O3S/c12-8-2-7(13)3-9(14)11(8)16-4-6(1-10(16)17)5-20(15,18)19/h2-3,6H,1,4-5H2,(H2,15,18,19). The molecule has 110 valence electrons. The lowest BCUT2D eigenvalue weighted by molar-refractivity contribution is -0.117. The molecule has 0 saturated carbocycles. The zero-order chi connectivity index (χ0) is 15.1. The summed E-state index contributed by atoms with van der Waals surface area (Å²) in [7, 11) is -3.73. The van der Waals surface area contributed by atoms with Crippen LogP contribution in [-0.4, -0.2) is 26.6 Å². The van der Waals surface area contributed by atoms with Gasteiger partial charge in [-0.3, -0.25) is 4.79 Å². The van der Waals surface area contributed by atoms with Gasteiger partial charge in [-0.25, -0.2) is 22.3 Å². The van der Waals surface area contributed by atoms with Crippen LogP contribution in [0.4, 0.5) is 14.5 Å². The van der Waals surface area contributed by atoms with E-state index < -0.39 is 33.5 Å². The zero-order valence-corrected chi connectivity index (χ0v) is 11.7. The van der Waals surface area contributed by atoms with Crippen molar-refractivity contribution in [2.24, 2.45) is 11.1 Å². The van der Waals surface area contributed by atoms with Gasteiger partial charge in [-0.1, -0.05) is 11.6 Å². The van der Waals surface area contributed by atoms with Crippen molar-refractivity contribution in [2.45, 2.75) is 6.42 Å². The Morgan fingerprint density at radius 1 is 1.40 bits per heavy atom. The van der Waals surface area contributed by atoms with Gasteiger partial charge in [0.1, 0.15) is 5.82 Å². The SMILES string of the molecule is NS(=O)(=O)CC1CC(=O)N(c2c(F)cc(F)cc2Cl)C1. The van der Waals surface area contributed by atoms with Gasteiger partial charge in [0.05, 0.1) is 16.5 Å². The number of nitrogens with zero attached hydrogens (tertiary/aromatic N) is 1. The highest BCUT2D eigenvalue weighted by molar-refractivity contribution is 7.89. The lowest BCUT2D eigenvalue weighted by Crippen LogP contribution is -2.28. The highest BCUT2D eigenvalue weighted by atomic mass is 35.5. The summed E-state index contributed by atoms with van der Waals surface area (Å²) in [4.78, 5) is 12.9. The topological polar surface area (TPSA) is 80.5 Å². The number of hydrogen-bond donors (Lipinski definition) is 1. The van der Waals surface area contributed by atoms with Gasteiger partial charge in [-0.05, 0) is 6.07 Å². The van der Waals surface area contributed by atoms with Crippen molar-refractivity contribution in [1.29, 1.82) is 0 Å². The number of primary sulfonamides is 1. The number of amides is 1. The first kappa shape index (κ1) is 15.1. The molecule has 9 heteroatoms. The average molecular weight is 325 g/mol. The molecule has 0 radical (unpaired) electrons. The molecule has 1 aliphatic heterocycles. The van der Waals surface area contributed by atoms with E-state index in [4.69, 9.17) is 16.7 Å². The molecule has 1 unspecified atom stereocenters. The maximum absolute atomic E-state index is 13.7. The summed E-state index contributed by atoms with van der Waals surface area (Å²) in [6.07, 6.45) is -0.0798. The maximum Gasteiger partial charge on any atom is 0.227 e. The summed E-state index contributed by atoms with van der Waals surface area (Å²) < 4.78 is 48.7. The van der Waals surface area contributed by atoms with Crippen molar-refractivity contribution in [3.63, 3.8) is 0 Å². The number of carbonyl (C=O) groups excluding carboxylic acids is 1. The molecule has 20 heavy (non-hydrogen) atoms. The highest BCUT2D eigenvalue weighted by Gasteiger charge is 2.35. The molecule has 1 fully saturated rings. The van der Waals surface area contributed by atoms with Crippen LogP contribution in [0.2, 0.25) is 5.02 Å². The normalized spacial score (nSPS) is 19.7. The molecule has 0 aromatic heterocycles. The summed E-state index contributed by atoms with van der Waals surface area (Å²) in [6, 6.07) is 1.50. The Labute approximate surface area is 119 Å². The molecule has 1 aromatic rings. The Morgan fingerprint density at radius 3 is 2.60 bits per heavy atom. The van der Waals surface area contributed by atoms with Crippen LogP contribution in [-0.2, 0) is 14.8 Å².